The van der Waals surface area contributed by atoms with Gasteiger partial charge in [0.1, 0.15) is 0 Å². The number of hydrogen-bond acceptors (Lipinski definition) is 3. The van der Waals surface area contributed by atoms with Gasteiger partial charge in [-0.05, 0) is 12.1 Å². The molecule has 13 heavy (non-hydrogen) atoms. The minimum absolute atomic E-state index is 0.0499. The Morgan fingerprint density at radius 3 is 2.62 bits per heavy atom. The molecule has 3 nitrogen and oxygen atoms in total. The molecule has 1 aromatic heterocycles. The Bertz CT molecular complexity index is 386. The molecule has 0 saturated carbocycles. The molecule has 0 saturated heterocycles. The first-order chi connectivity index (χ1) is 6.36. The minimum Gasteiger partial charge on any atom is -0.491 e. The van der Waals surface area contributed by atoms with Crippen LogP contribution in [0.4, 0.5) is 0 Å². The molecular formula is C9H8N2OS. The van der Waals surface area contributed by atoms with E-state index >= 15 is 0 Å². The van der Waals surface area contributed by atoms with Crippen LogP contribution in [0.1, 0.15) is 0 Å². The van der Waals surface area contributed by atoms with Crippen LogP contribution in [0.2, 0.25) is 0 Å². The largest absolute Gasteiger partial charge is 0.491 e. The summed E-state index contributed by atoms with van der Waals surface area (Å²) in [5, 5.41) is 15.5. The molecule has 0 aliphatic rings. The minimum atomic E-state index is 0.0499. The normalized spacial score (nSPS) is 10.2. The zero-order valence-electron chi connectivity index (χ0n) is 6.77. The average Bonchev–Trinajstić information content (AvgIpc) is 2.54. The van der Waals surface area contributed by atoms with Gasteiger partial charge in [-0.15, -0.1) is 5.10 Å². The summed E-state index contributed by atoms with van der Waals surface area (Å²) in [5.74, 6) is 0.0499. The van der Waals surface area contributed by atoms with Crippen LogP contribution in [0, 0.1) is 0 Å². The Kier molecular flexibility index (Phi) is 2.23. The number of nitrogens with zero attached hydrogens (tertiary/aromatic N) is 1. The lowest BCUT2D eigenvalue weighted by Crippen LogP contribution is -1.69. The zero-order valence-corrected chi connectivity index (χ0v) is 7.58. The van der Waals surface area contributed by atoms with E-state index in [0.29, 0.717) is 0 Å². The maximum atomic E-state index is 9.25. The molecule has 0 aliphatic carbocycles. The van der Waals surface area contributed by atoms with Gasteiger partial charge in [-0.3, -0.25) is 5.10 Å². The molecule has 0 atom stereocenters. The van der Waals surface area contributed by atoms with Crippen molar-refractivity contribution in [1.29, 1.82) is 0 Å². The van der Waals surface area contributed by atoms with Gasteiger partial charge in [0.05, 0.1) is 4.90 Å². The summed E-state index contributed by atoms with van der Waals surface area (Å²) in [7, 11) is 0. The summed E-state index contributed by atoms with van der Waals surface area (Å²) in [4.78, 5) is 1.82. The van der Waals surface area contributed by atoms with Gasteiger partial charge in [0.2, 0.25) is 5.88 Å². The first-order valence-electron chi connectivity index (χ1n) is 3.82. The predicted octanol–water partition coefficient (Wildman–Crippen LogP) is 2.27. The van der Waals surface area contributed by atoms with Crippen LogP contribution in [0.3, 0.4) is 0 Å². The fourth-order valence-corrected chi connectivity index (χ4v) is 1.76. The number of rotatable bonds is 2. The summed E-state index contributed by atoms with van der Waals surface area (Å²) in [6.45, 7) is 0. The Morgan fingerprint density at radius 2 is 2.00 bits per heavy atom. The molecule has 0 fully saturated rings. The third-order valence-corrected chi connectivity index (χ3v) is 2.59. The molecule has 2 N–H and O–H groups in total. The molecular weight excluding hydrogens is 184 g/mol. The van der Waals surface area contributed by atoms with Crippen molar-refractivity contribution in [2.75, 3.05) is 0 Å². The van der Waals surface area contributed by atoms with Crippen molar-refractivity contribution in [2.24, 2.45) is 0 Å². The Labute approximate surface area is 79.8 Å². The number of H-pyrrole nitrogens is 1. The number of hydrogen-bond donors (Lipinski definition) is 2. The van der Waals surface area contributed by atoms with Crippen molar-refractivity contribution in [3.8, 4) is 5.88 Å². The first-order valence-corrected chi connectivity index (χ1v) is 4.63. The van der Waals surface area contributed by atoms with Gasteiger partial charge in [-0.1, -0.05) is 30.0 Å². The van der Waals surface area contributed by atoms with E-state index in [0.717, 1.165) is 9.79 Å². The highest BCUT2D eigenvalue weighted by Gasteiger charge is 2.04. The molecule has 2 rings (SSSR count). The molecule has 1 heterocycles. The van der Waals surface area contributed by atoms with E-state index in [2.05, 4.69) is 10.2 Å². The van der Waals surface area contributed by atoms with Crippen LogP contribution in [-0.2, 0) is 0 Å². The summed E-state index contributed by atoms with van der Waals surface area (Å²) in [6, 6.07) is 9.84. The molecule has 0 amide bonds. The van der Waals surface area contributed by atoms with Gasteiger partial charge in [0, 0.05) is 11.1 Å². The Morgan fingerprint density at radius 1 is 1.23 bits per heavy atom. The molecule has 0 radical (unpaired) electrons. The summed E-state index contributed by atoms with van der Waals surface area (Å²) >= 11 is 1.48. The maximum Gasteiger partial charge on any atom is 0.244 e. The number of aromatic amines is 1. The maximum absolute atomic E-state index is 9.25. The molecule has 0 aliphatic heterocycles. The van der Waals surface area contributed by atoms with E-state index < -0.39 is 0 Å². The predicted molar refractivity (Wildman–Crippen MR) is 50.8 cm³/mol. The topological polar surface area (TPSA) is 48.9 Å². The Hall–Kier alpha value is -1.42. The van der Waals surface area contributed by atoms with Crippen molar-refractivity contribution >= 4 is 11.8 Å². The number of aromatic nitrogens is 2. The van der Waals surface area contributed by atoms with Gasteiger partial charge in [0.25, 0.3) is 0 Å². The number of benzene rings is 1. The van der Waals surface area contributed by atoms with E-state index in [9.17, 15) is 5.11 Å². The van der Waals surface area contributed by atoms with E-state index in [-0.39, 0.29) is 5.88 Å². The first kappa shape index (κ1) is 8.19. The van der Waals surface area contributed by atoms with Crippen LogP contribution < -0.4 is 0 Å². The van der Waals surface area contributed by atoms with Crippen LogP contribution in [0.25, 0.3) is 0 Å². The van der Waals surface area contributed by atoms with Crippen molar-refractivity contribution in [2.45, 2.75) is 9.79 Å². The lowest BCUT2D eigenvalue weighted by molar-refractivity contribution is 0.441. The fourth-order valence-electron chi connectivity index (χ4n) is 0.962. The molecule has 1 aromatic carbocycles. The zero-order chi connectivity index (χ0) is 9.10. The van der Waals surface area contributed by atoms with E-state index in [1.54, 1.807) is 6.20 Å². The van der Waals surface area contributed by atoms with Crippen molar-refractivity contribution in [3.05, 3.63) is 36.5 Å². The van der Waals surface area contributed by atoms with E-state index in [1.807, 2.05) is 30.3 Å². The Balaban J connectivity index is 2.20. The molecule has 0 bridgehead atoms. The highest BCUT2D eigenvalue weighted by molar-refractivity contribution is 7.99. The van der Waals surface area contributed by atoms with E-state index in [1.165, 1.54) is 11.8 Å². The average molecular weight is 192 g/mol. The third kappa shape index (κ3) is 1.84. The standard InChI is InChI=1S/C9H8N2OS/c12-9-8(6-10-11-9)13-7-4-2-1-3-5-7/h1-6H,(H2,10,11,12). The van der Waals surface area contributed by atoms with Gasteiger partial charge in [-0.2, -0.15) is 0 Å². The summed E-state index contributed by atoms with van der Waals surface area (Å²) in [5.41, 5.74) is 0. The van der Waals surface area contributed by atoms with Crippen LogP contribution in [0.5, 0.6) is 5.88 Å². The van der Waals surface area contributed by atoms with Crippen LogP contribution >= 0.6 is 11.8 Å². The second kappa shape index (κ2) is 3.53. The highest BCUT2D eigenvalue weighted by Crippen LogP contribution is 2.31. The van der Waals surface area contributed by atoms with Crippen LogP contribution in [0.15, 0.2) is 46.3 Å². The lowest BCUT2D eigenvalue weighted by Gasteiger charge is -1.96. The molecule has 0 unspecified atom stereocenters. The third-order valence-electron chi connectivity index (χ3n) is 1.56. The number of aromatic hydroxyl groups is 1. The second-order valence-electron chi connectivity index (χ2n) is 2.49. The van der Waals surface area contributed by atoms with Gasteiger partial charge < -0.3 is 5.11 Å². The van der Waals surface area contributed by atoms with Crippen molar-refractivity contribution < 1.29 is 5.11 Å². The van der Waals surface area contributed by atoms with Gasteiger partial charge >= 0.3 is 0 Å². The lowest BCUT2D eigenvalue weighted by atomic mass is 10.4. The van der Waals surface area contributed by atoms with Gasteiger partial charge in [0.15, 0.2) is 0 Å². The smallest absolute Gasteiger partial charge is 0.244 e. The highest BCUT2D eigenvalue weighted by atomic mass is 32.2. The second-order valence-corrected chi connectivity index (χ2v) is 3.60. The SMILES string of the molecule is Oc1n[nH]cc1Sc1ccccc1. The summed E-state index contributed by atoms with van der Waals surface area (Å²) < 4.78 is 0. The molecule has 66 valence electrons. The number of nitrogens with one attached hydrogen (secondary N) is 1. The van der Waals surface area contributed by atoms with Crippen LogP contribution in [-0.4, -0.2) is 15.3 Å². The quantitative estimate of drug-likeness (QED) is 0.767. The monoisotopic (exact) mass is 192 g/mol. The van der Waals surface area contributed by atoms with Gasteiger partial charge in [-0.25, -0.2) is 0 Å². The summed E-state index contributed by atoms with van der Waals surface area (Å²) in [6.07, 6.45) is 1.67. The molecule has 4 heteroatoms. The van der Waals surface area contributed by atoms with E-state index in [4.69, 9.17) is 0 Å². The molecule has 2 aromatic rings. The van der Waals surface area contributed by atoms with Crippen molar-refractivity contribution in [3.63, 3.8) is 0 Å². The van der Waals surface area contributed by atoms with Crippen molar-refractivity contribution in [1.82, 2.24) is 10.2 Å². The molecule has 0 spiro atoms. The fraction of sp³-hybridized carbons (Fsp3) is 0.